The molecule has 3 rings (SSSR count). The van der Waals surface area contributed by atoms with Crippen LogP contribution in [0.4, 0.5) is 11.6 Å². The molecule has 0 atom stereocenters. The van der Waals surface area contributed by atoms with Crippen molar-refractivity contribution in [2.75, 3.05) is 36.5 Å². The van der Waals surface area contributed by atoms with E-state index in [9.17, 15) is 4.79 Å². The van der Waals surface area contributed by atoms with Gasteiger partial charge in [0.15, 0.2) is 0 Å². The molecule has 0 bridgehead atoms. The molecule has 1 saturated heterocycles. The number of amides is 1. The molecule has 120 valence electrons. The Morgan fingerprint density at radius 3 is 2.78 bits per heavy atom. The summed E-state index contributed by atoms with van der Waals surface area (Å²) < 4.78 is 5.30. The summed E-state index contributed by atoms with van der Waals surface area (Å²) >= 11 is 12.0. The number of carbonyl (C=O) groups excluding carboxylic acids is 1. The van der Waals surface area contributed by atoms with E-state index in [2.05, 4.69) is 15.3 Å². The lowest BCUT2D eigenvalue weighted by Crippen LogP contribution is -2.37. The van der Waals surface area contributed by atoms with Gasteiger partial charge in [-0.05, 0) is 18.2 Å². The largest absolute Gasteiger partial charge is 0.378 e. The predicted octanol–water partition coefficient (Wildman–Crippen LogP) is 2.87. The minimum Gasteiger partial charge on any atom is -0.378 e. The van der Waals surface area contributed by atoms with Crippen LogP contribution in [-0.4, -0.2) is 42.2 Å². The summed E-state index contributed by atoms with van der Waals surface area (Å²) in [6.07, 6.45) is 1.56. The Labute approximate surface area is 143 Å². The summed E-state index contributed by atoms with van der Waals surface area (Å²) in [7, 11) is 0. The van der Waals surface area contributed by atoms with Crippen molar-refractivity contribution >= 4 is 40.7 Å². The fourth-order valence-corrected chi connectivity index (χ4v) is 2.53. The predicted molar refractivity (Wildman–Crippen MR) is 89.5 cm³/mol. The number of nitrogens with zero attached hydrogens (tertiary/aromatic N) is 3. The van der Waals surface area contributed by atoms with Crippen LogP contribution < -0.4 is 10.2 Å². The number of anilines is 2. The third-order valence-corrected chi connectivity index (χ3v) is 4.19. The first-order chi connectivity index (χ1) is 11.1. The highest BCUT2D eigenvalue weighted by atomic mass is 35.5. The molecule has 0 spiro atoms. The topological polar surface area (TPSA) is 67.4 Å². The number of benzene rings is 1. The highest BCUT2D eigenvalue weighted by Gasteiger charge is 2.17. The number of morpholine rings is 1. The number of ether oxygens (including phenoxy) is 1. The van der Waals surface area contributed by atoms with Crippen LogP contribution in [0, 0.1) is 0 Å². The van der Waals surface area contributed by atoms with Crippen LogP contribution in [0.15, 0.2) is 30.5 Å². The fraction of sp³-hybridized carbons (Fsp3) is 0.267. The highest BCUT2D eigenvalue weighted by Crippen LogP contribution is 2.29. The number of hydrogen-bond acceptors (Lipinski definition) is 5. The van der Waals surface area contributed by atoms with Crippen molar-refractivity contribution in [1.29, 1.82) is 0 Å². The van der Waals surface area contributed by atoms with Gasteiger partial charge in [-0.15, -0.1) is 0 Å². The van der Waals surface area contributed by atoms with Gasteiger partial charge in [0.2, 0.25) is 5.95 Å². The smallest absolute Gasteiger partial charge is 0.274 e. The lowest BCUT2D eigenvalue weighted by molar-refractivity contribution is 0.102. The number of carbonyl (C=O) groups is 1. The first kappa shape index (κ1) is 16.0. The van der Waals surface area contributed by atoms with Gasteiger partial charge in [-0.1, -0.05) is 29.3 Å². The van der Waals surface area contributed by atoms with Gasteiger partial charge < -0.3 is 15.0 Å². The summed E-state index contributed by atoms with van der Waals surface area (Å²) in [5.41, 5.74) is 0.702. The molecule has 0 unspecified atom stereocenters. The van der Waals surface area contributed by atoms with Gasteiger partial charge in [-0.2, -0.15) is 0 Å². The minimum absolute atomic E-state index is 0.262. The van der Waals surface area contributed by atoms with Crippen molar-refractivity contribution < 1.29 is 9.53 Å². The van der Waals surface area contributed by atoms with E-state index in [1.165, 1.54) is 0 Å². The van der Waals surface area contributed by atoms with Gasteiger partial charge in [0, 0.05) is 19.3 Å². The second kappa shape index (κ2) is 7.12. The molecule has 1 aliphatic rings. The third kappa shape index (κ3) is 3.72. The van der Waals surface area contributed by atoms with Gasteiger partial charge in [0.1, 0.15) is 5.69 Å². The molecule has 1 amide bonds. The van der Waals surface area contributed by atoms with Crippen molar-refractivity contribution in [1.82, 2.24) is 9.97 Å². The zero-order valence-electron chi connectivity index (χ0n) is 12.1. The van der Waals surface area contributed by atoms with E-state index in [0.29, 0.717) is 48.0 Å². The van der Waals surface area contributed by atoms with Crippen molar-refractivity contribution in [3.63, 3.8) is 0 Å². The molecule has 2 aromatic rings. The Bertz CT molecular complexity index is 720. The molecule has 8 heteroatoms. The summed E-state index contributed by atoms with van der Waals surface area (Å²) in [6, 6.07) is 6.59. The maximum absolute atomic E-state index is 12.4. The lowest BCUT2D eigenvalue weighted by Gasteiger charge is -2.26. The van der Waals surface area contributed by atoms with E-state index in [-0.39, 0.29) is 11.6 Å². The van der Waals surface area contributed by atoms with Crippen LogP contribution >= 0.6 is 23.2 Å². The van der Waals surface area contributed by atoms with E-state index in [4.69, 9.17) is 27.9 Å². The maximum atomic E-state index is 12.4. The van der Waals surface area contributed by atoms with Gasteiger partial charge in [-0.25, -0.2) is 9.97 Å². The van der Waals surface area contributed by atoms with Crippen LogP contribution in [0.25, 0.3) is 0 Å². The van der Waals surface area contributed by atoms with Crippen LogP contribution in [-0.2, 0) is 4.74 Å². The molecule has 6 nitrogen and oxygen atoms in total. The SMILES string of the molecule is O=C(Nc1cccc(Cl)c1Cl)c1ccnc(N2CCOCC2)n1. The monoisotopic (exact) mass is 352 g/mol. The van der Waals surface area contributed by atoms with Gasteiger partial charge in [-0.3, -0.25) is 4.79 Å². The molecule has 1 aliphatic heterocycles. The summed E-state index contributed by atoms with van der Waals surface area (Å²) in [6.45, 7) is 2.65. The third-order valence-electron chi connectivity index (χ3n) is 3.37. The molecule has 1 aromatic carbocycles. The lowest BCUT2D eigenvalue weighted by atomic mass is 10.3. The second-order valence-corrected chi connectivity index (χ2v) is 5.68. The van der Waals surface area contributed by atoms with E-state index in [1.807, 2.05) is 4.90 Å². The molecule has 1 N–H and O–H groups in total. The quantitative estimate of drug-likeness (QED) is 0.919. The first-order valence-corrected chi connectivity index (χ1v) is 7.82. The molecular weight excluding hydrogens is 339 g/mol. The van der Waals surface area contributed by atoms with Gasteiger partial charge in [0.05, 0.1) is 28.9 Å². The standard InChI is InChI=1S/C15H14Cl2N4O2/c16-10-2-1-3-11(13(10)17)19-14(22)12-4-5-18-15(20-12)21-6-8-23-9-7-21/h1-5H,6-9H2,(H,19,22). The molecular formula is C15H14Cl2N4O2. The van der Waals surface area contributed by atoms with Gasteiger partial charge in [0.25, 0.3) is 5.91 Å². The molecule has 2 heterocycles. The zero-order valence-corrected chi connectivity index (χ0v) is 13.6. The van der Waals surface area contributed by atoms with Crippen molar-refractivity contribution in [3.8, 4) is 0 Å². The number of nitrogens with one attached hydrogen (secondary N) is 1. The normalized spacial score (nSPS) is 14.6. The van der Waals surface area contributed by atoms with Crippen LogP contribution in [0.2, 0.25) is 10.0 Å². The Hall–Kier alpha value is -1.89. The Balaban J connectivity index is 1.78. The van der Waals surface area contributed by atoms with Crippen LogP contribution in [0.5, 0.6) is 0 Å². The molecule has 1 fully saturated rings. The van der Waals surface area contributed by atoms with Crippen LogP contribution in [0.1, 0.15) is 10.5 Å². The maximum Gasteiger partial charge on any atom is 0.274 e. The molecule has 0 saturated carbocycles. The second-order valence-electron chi connectivity index (χ2n) is 4.90. The van der Waals surface area contributed by atoms with E-state index < -0.39 is 0 Å². The number of halogens is 2. The summed E-state index contributed by atoms with van der Waals surface area (Å²) in [5.74, 6) is 0.143. The Morgan fingerprint density at radius 1 is 1.22 bits per heavy atom. The zero-order chi connectivity index (χ0) is 16.2. The van der Waals surface area contributed by atoms with E-state index in [0.717, 1.165) is 0 Å². The minimum atomic E-state index is -0.369. The Kier molecular flexibility index (Phi) is 4.95. The van der Waals surface area contributed by atoms with Crippen LogP contribution in [0.3, 0.4) is 0 Å². The number of aromatic nitrogens is 2. The van der Waals surface area contributed by atoms with E-state index in [1.54, 1.807) is 30.5 Å². The number of rotatable bonds is 3. The van der Waals surface area contributed by atoms with Crippen molar-refractivity contribution in [2.45, 2.75) is 0 Å². The molecule has 23 heavy (non-hydrogen) atoms. The van der Waals surface area contributed by atoms with Crippen molar-refractivity contribution in [3.05, 3.63) is 46.2 Å². The molecule has 0 aliphatic carbocycles. The molecule has 1 aromatic heterocycles. The van der Waals surface area contributed by atoms with Gasteiger partial charge >= 0.3 is 0 Å². The summed E-state index contributed by atoms with van der Waals surface area (Å²) in [4.78, 5) is 22.9. The fourth-order valence-electron chi connectivity index (χ4n) is 2.18. The number of hydrogen-bond donors (Lipinski definition) is 1. The average molecular weight is 353 g/mol. The van der Waals surface area contributed by atoms with E-state index >= 15 is 0 Å². The molecule has 0 radical (unpaired) electrons. The summed E-state index contributed by atoms with van der Waals surface area (Å²) in [5, 5.41) is 3.38. The highest BCUT2D eigenvalue weighted by molar-refractivity contribution is 6.44. The Morgan fingerprint density at radius 2 is 2.00 bits per heavy atom. The van der Waals surface area contributed by atoms with Crippen molar-refractivity contribution in [2.24, 2.45) is 0 Å². The average Bonchev–Trinajstić information content (AvgIpc) is 2.60. The first-order valence-electron chi connectivity index (χ1n) is 7.06.